The van der Waals surface area contributed by atoms with Crippen LogP contribution in [0.25, 0.3) is 5.65 Å². The molecule has 8 heteroatoms. The predicted molar refractivity (Wildman–Crippen MR) is 73.5 cm³/mol. The van der Waals surface area contributed by atoms with Gasteiger partial charge in [-0.1, -0.05) is 0 Å². The Labute approximate surface area is 113 Å². The highest BCUT2D eigenvalue weighted by Crippen LogP contribution is 2.17. The van der Waals surface area contributed by atoms with E-state index in [0.717, 1.165) is 0 Å². The first-order valence-electron chi connectivity index (χ1n) is 5.28. The largest absolute Gasteiger partial charge is 0.363 e. The molecule has 2 heterocycles. The smallest absolute Gasteiger partial charge is 0.180 e. The Hall–Kier alpha value is -1.15. The number of imidazole rings is 1. The fourth-order valence-electron chi connectivity index (χ4n) is 1.73. The third kappa shape index (κ3) is 3.20. The van der Waals surface area contributed by atoms with E-state index in [2.05, 4.69) is 31.2 Å². The van der Waals surface area contributed by atoms with Gasteiger partial charge in [-0.3, -0.25) is 0 Å². The topological polar surface area (TPSA) is 76.4 Å². The van der Waals surface area contributed by atoms with Crippen LogP contribution in [0.3, 0.4) is 0 Å². The van der Waals surface area contributed by atoms with Gasteiger partial charge in [-0.05, 0) is 22.9 Å². The van der Waals surface area contributed by atoms with Crippen molar-refractivity contribution < 1.29 is 8.42 Å². The summed E-state index contributed by atoms with van der Waals surface area (Å²) < 4.78 is 24.9. The summed E-state index contributed by atoms with van der Waals surface area (Å²) in [7, 11) is -3.02. The molecule has 1 unspecified atom stereocenters. The van der Waals surface area contributed by atoms with E-state index in [0.29, 0.717) is 16.1 Å². The SMILES string of the molecule is CC(CS(C)(=O)=O)Nc1nc(Br)cn2ccnc12. The van der Waals surface area contributed by atoms with E-state index >= 15 is 0 Å². The van der Waals surface area contributed by atoms with E-state index < -0.39 is 9.84 Å². The minimum Gasteiger partial charge on any atom is -0.363 e. The van der Waals surface area contributed by atoms with Crippen molar-refractivity contribution in [1.29, 1.82) is 0 Å². The fraction of sp³-hybridized carbons (Fsp3) is 0.400. The van der Waals surface area contributed by atoms with Crippen LogP contribution in [0.1, 0.15) is 6.92 Å². The number of halogens is 1. The molecule has 98 valence electrons. The average molecular weight is 333 g/mol. The number of aromatic nitrogens is 3. The number of sulfone groups is 1. The molecule has 2 aromatic rings. The number of fused-ring (bicyclic) bond motifs is 1. The molecule has 0 aromatic carbocycles. The highest BCUT2D eigenvalue weighted by molar-refractivity contribution is 9.10. The molecule has 18 heavy (non-hydrogen) atoms. The summed E-state index contributed by atoms with van der Waals surface area (Å²) >= 11 is 3.30. The summed E-state index contributed by atoms with van der Waals surface area (Å²) in [6.45, 7) is 1.79. The predicted octanol–water partition coefficient (Wildman–Crippen LogP) is 1.34. The molecule has 0 aliphatic carbocycles. The van der Waals surface area contributed by atoms with Gasteiger partial charge < -0.3 is 9.72 Å². The summed E-state index contributed by atoms with van der Waals surface area (Å²) in [5.41, 5.74) is 0.665. The Morgan fingerprint density at radius 1 is 1.56 bits per heavy atom. The lowest BCUT2D eigenvalue weighted by atomic mass is 10.4. The second kappa shape index (κ2) is 4.85. The summed E-state index contributed by atoms with van der Waals surface area (Å²) in [5, 5.41) is 3.06. The second-order valence-electron chi connectivity index (χ2n) is 4.21. The summed E-state index contributed by atoms with van der Waals surface area (Å²) in [5.74, 6) is 0.610. The average Bonchev–Trinajstić information content (AvgIpc) is 2.61. The number of nitrogens with one attached hydrogen (secondary N) is 1. The molecule has 0 aliphatic rings. The monoisotopic (exact) mass is 332 g/mol. The van der Waals surface area contributed by atoms with E-state index in [9.17, 15) is 8.42 Å². The maximum Gasteiger partial charge on any atom is 0.180 e. The molecule has 0 bridgehead atoms. The van der Waals surface area contributed by atoms with Gasteiger partial charge in [0.15, 0.2) is 11.5 Å². The van der Waals surface area contributed by atoms with Crippen molar-refractivity contribution in [3.05, 3.63) is 23.2 Å². The van der Waals surface area contributed by atoms with Crippen LogP contribution in [-0.2, 0) is 9.84 Å². The minimum atomic E-state index is -3.02. The van der Waals surface area contributed by atoms with Crippen LogP contribution in [0.2, 0.25) is 0 Å². The molecular formula is C10H13BrN4O2S. The van der Waals surface area contributed by atoms with Crippen molar-refractivity contribution in [2.24, 2.45) is 0 Å². The molecule has 0 saturated carbocycles. The number of hydrogen-bond donors (Lipinski definition) is 1. The third-order valence-electron chi connectivity index (χ3n) is 2.28. The first-order chi connectivity index (χ1) is 8.35. The number of nitrogens with zero attached hydrogens (tertiary/aromatic N) is 3. The highest BCUT2D eigenvalue weighted by Gasteiger charge is 2.13. The van der Waals surface area contributed by atoms with Crippen molar-refractivity contribution in [3.63, 3.8) is 0 Å². The van der Waals surface area contributed by atoms with Crippen molar-refractivity contribution in [2.75, 3.05) is 17.3 Å². The van der Waals surface area contributed by atoms with Gasteiger partial charge in [0.1, 0.15) is 14.4 Å². The Kier molecular flexibility index (Phi) is 3.58. The fourth-order valence-corrected chi connectivity index (χ4v) is 3.12. The highest BCUT2D eigenvalue weighted by atomic mass is 79.9. The quantitative estimate of drug-likeness (QED) is 0.914. The zero-order valence-corrected chi connectivity index (χ0v) is 12.4. The summed E-state index contributed by atoms with van der Waals surface area (Å²) in [6.07, 6.45) is 6.46. The maximum absolute atomic E-state index is 11.2. The molecule has 1 N–H and O–H groups in total. The lowest BCUT2D eigenvalue weighted by molar-refractivity contribution is 0.598. The Morgan fingerprint density at radius 2 is 2.28 bits per heavy atom. The lowest BCUT2D eigenvalue weighted by Crippen LogP contribution is -2.25. The molecule has 2 rings (SSSR count). The number of rotatable bonds is 4. The summed E-state index contributed by atoms with van der Waals surface area (Å²) in [6, 6.07) is -0.234. The van der Waals surface area contributed by atoms with Crippen molar-refractivity contribution in [2.45, 2.75) is 13.0 Å². The molecule has 0 saturated heterocycles. The number of hydrogen-bond acceptors (Lipinski definition) is 5. The lowest BCUT2D eigenvalue weighted by Gasteiger charge is -2.14. The molecule has 0 fully saturated rings. The van der Waals surface area contributed by atoms with Crippen LogP contribution in [0.4, 0.5) is 5.82 Å². The minimum absolute atomic E-state index is 0.0497. The second-order valence-corrected chi connectivity index (χ2v) is 7.21. The van der Waals surface area contributed by atoms with Gasteiger partial charge in [-0.15, -0.1) is 0 Å². The van der Waals surface area contributed by atoms with E-state index in [1.807, 2.05) is 4.40 Å². The van der Waals surface area contributed by atoms with Crippen LogP contribution >= 0.6 is 15.9 Å². The van der Waals surface area contributed by atoms with Crippen LogP contribution in [0.15, 0.2) is 23.2 Å². The van der Waals surface area contributed by atoms with Crippen LogP contribution in [-0.4, -0.2) is 40.8 Å². The molecular weight excluding hydrogens is 320 g/mol. The Balaban J connectivity index is 2.28. The normalized spacial score (nSPS) is 13.7. The molecule has 0 radical (unpaired) electrons. The molecule has 0 amide bonds. The van der Waals surface area contributed by atoms with Crippen molar-refractivity contribution >= 4 is 37.2 Å². The van der Waals surface area contributed by atoms with Crippen LogP contribution in [0, 0.1) is 0 Å². The number of anilines is 1. The molecule has 1 atom stereocenters. The first kappa shape index (κ1) is 13.3. The van der Waals surface area contributed by atoms with E-state index in [-0.39, 0.29) is 11.8 Å². The molecule has 0 spiro atoms. The van der Waals surface area contributed by atoms with Gasteiger partial charge in [0.25, 0.3) is 0 Å². The van der Waals surface area contributed by atoms with Crippen molar-refractivity contribution in [1.82, 2.24) is 14.4 Å². The van der Waals surface area contributed by atoms with Crippen LogP contribution in [0.5, 0.6) is 0 Å². The molecule has 6 nitrogen and oxygen atoms in total. The Morgan fingerprint density at radius 3 is 2.94 bits per heavy atom. The van der Waals surface area contributed by atoms with Gasteiger partial charge >= 0.3 is 0 Å². The van der Waals surface area contributed by atoms with Gasteiger partial charge in [0, 0.05) is 30.9 Å². The Bertz CT molecular complexity index is 668. The molecule has 2 aromatic heterocycles. The third-order valence-corrected chi connectivity index (χ3v) is 3.77. The van der Waals surface area contributed by atoms with E-state index in [4.69, 9.17) is 0 Å². The zero-order chi connectivity index (χ0) is 13.3. The zero-order valence-electron chi connectivity index (χ0n) is 9.96. The summed E-state index contributed by atoms with van der Waals surface area (Å²) in [4.78, 5) is 8.45. The van der Waals surface area contributed by atoms with Gasteiger partial charge in [0.2, 0.25) is 0 Å². The van der Waals surface area contributed by atoms with Gasteiger partial charge in [-0.2, -0.15) is 0 Å². The molecule has 0 aliphatic heterocycles. The van der Waals surface area contributed by atoms with Gasteiger partial charge in [-0.25, -0.2) is 18.4 Å². The van der Waals surface area contributed by atoms with Crippen molar-refractivity contribution in [3.8, 4) is 0 Å². The van der Waals surface area contributed by atoms with Gasteiger partial charge in [0.05, 0.1) is 5.75 Å². The van der Waals surface area contributed by atoms with Crippen LogP contribution < -0.4 is 5.32 Å². The first-order valence-corrected chi connectivity index (χ1v) is 8.14. The standard InChI is InChI=1S/C10H13BrN4O2S/c1-7(6-18(2,16)17)13-9-10-12-3-4-15(10)5-8(11)14-9/h3-5,7H,6H2,1-2H3,(H,13,14). The van der Waals surface area contributed by atoms with E-state index in [1.165, 1.54) is 6.26 Å². The van der Waals surface area contributed by atoms with E-state index in [1.54, 1.807) is 25.5 Å². The maximum atomic E-state index is 11.2.